The number of nitrogens with zero attached hydrogens (tertiary/aromatic N) is 1. The van der Waals surface area contributed by atoms with Crippen molar-refractivity contribution in [3.63, 3.8) is 0 Å². The van der Waals surface area contributed by atoms with Gasteiger partial charge in [-0.2, -0.15) is 0 Å². The van der Waals surface area contributed by atoms with Crippen LogP contribution in [0.25, 0.3) is 0 Å². The van der Waals surface area contributed by atoms with Crippen molar-refractivity contribution in [2.75, 3.05) is 12.8 Å². The topological polar surface area (TPSA) is 46.3 Å². The van der Waals surface area contributed by atoms with Crippen molar-refractivity contribution in [3.05, 3.63) is 65.2 Å². The van der Waals surface area contributed by atoms with E-state index in [0.29, 0.717) is 17.8 Å². The Bertz CT molecular complexity index is 579. The molecule has 0 saturated carbocycles. The van der Waals surface area contributed by atoms with E-state index in [4.69, 9.17) is 5.73 Å². The summed E-state index contributed by atoms with van der Waals surface area (Å²) in [5.41, 5.74) is 9.13. The van der Waals surface area contributed by atoms with E-state index in [2.05, 4.69) is 0 Å². The normalized spacial score (nSPS) is 10.2. The first-order valence-corrected chi connectivity index (χ1v) is 6.24. The van der Waals surface area contributed by atoms with Crippen LogP contribution in [0.5, 0.6) is 0 Å². The number of amides is 1. The lowest BCUT2D eigenvalue weighted by atomic mass is 10.1. The molecule has 2 rings (SSSR count). The third-order valence-corrected chi connectivity index (χ3v) is 3.16. The van der Waals surface area contributed by atoms with E-state index in [1.807, 2.05) is 49.4 Å². The first kappa shape index (κ1) is 13.1. The highest BCUT2D eigenvalue weighted by Crippen LogP contribution is 2.18. The predicted molar refractivity (Wildman–Crippen MR) is 77.8 cm³/mol. The molecule has 0 fully saturated rings. The summed E-state index contributed by atoms with van der Waals surface area (Å²) in [4.78, 5) is 14.0. The Kier molecular flexibility index (Phi) is 3.85. The second kappa shape index (κ2) is 5.57. The molecule has 0 spiro atoms. The molecule has 2 aromatic rings. The zero-order valence-corrected chi connectivity index (χ0v) is 11.3. The van der Waals surface area contributed by atoms with Crippen LogP contribution in [-0.2, 0) is 6.54 Å². The molecule has 0 atom stereocenters. The van der Waals surface area contributed by atoms with Gasteiger partial charge in [-0.05, 0) is 24.1 Å². The molecule has 3 heteroatoms. The van der Waals surface area contributed by atoms with Gasteiger partial charge in [0.25, 0.3) is 5.91 Å². The number of nitrogens with two attached hydrogens (primary N) is 1. The van der Waals surface area contributed by atoms with Crippen LogP contribution >= 0.6 is 0 Å². The molecule has 0 aromatic heterocycles. The summed E-state index contributed by atoms with van der Waals surface area (Å²) >= 11 is 0. The van der Waals surface area contributed by atoms with Crippen LogP contribution in [0.2, 0.25) is 0 Å². The minimum absolute atomic E-state index is 0.0509. The molecular weight excluding hydrogens is 236 g/mol. The van der Waals surface area contributed by atoms with Crippen LogP contribution in [0, 0.1) is 6.92 Å². The number of hydrogen-bond donors (Lipinski definition) is 1. The molecular formula is C16H18N2O. The fourth-order valence-corrected chi connectivity index (χ4v) is 2.00. The molecule has 0 radical (unpaired) electrons. The fourth-order valence-electron chi connectivity index (χ4n) is 2.00. The van der Waals surface area contributed by atoms with Crippen LogP contribution in [0.15, 0.2) is 48.5 Å². The van der Waals surface area contributed by atoms with Gasteiger partial charge in [0.2, 0.25) is 0 Å². The van der Waals surface area contributed by atoms with Gasteiger partial charge in [0, 0.05) is 19.3 Å². The van der Waals surface area contributed by atoms with Gasteiger partial charge >= 0.3 is 0 Å². The number of carbonyl (C=O) groups excluding carboxylic acids is 1. The number of carbonyl (C=O) groups is 1. The molecule has 2 N–H and O–H groups in total. The lowest BCUT2D eigenvalue weighted by Crippen LogP contribution is -2.27. The van der Waals surface area contributed by atoms with Crippen LogP contribution in [0.3, 0.4) is 0 Å². The number of benzene rings is 2. The molecule has 0 aliphatic carbocycles. The highest BCUT2D eigenvalue weighted by atomic mass is 16.2. The molecule has 1 amide bonds. The molecule has 2 aromatic carbocycles. The Morgan fingerprint density at radius 1 is 1.11 bits per heavy atom. The lowest BCUT2D eigenvalue weighted by Gasteiger charge is -2.19. The van der Waals surface area contributed by atoms with Gasteiger partial charge < -0.3 is 10.6 Å². The van der Waals surface area contributed by atoms with Crippen molar-refractivity contribution >= 4 is 11.6 Å². The number of para-hydroxylation sites is 1. The van der Waals surface area contributed by atoms with E-state index in [9.17, 15) is 4.79 Å². The number of anilines is 1. The van der Waals surface area contributed by atoms with Gasteiger partial charge in [0.1, 0.15) is 0 Å². The van der Waals surface area contributed by atoms with E-state index in [1.54, 1.807) is 18.0 Å². The fraction of sp³-hybridized carbons (Fsp3) is 0.188. The maximum atomic E-state index is 12.4. The SMILES string of the molecule is Cc1cccc(C(=O)N(C)Cc2ccccc2)c1N. The number of hydrogen-bond acceptors (Lipinski definition) is 2. The van der Waals surface area contributed by atoms with Gasteiger partial charge in [0.15, 0.2) is 0 Å². The minimum atomic E-state index is -0.0509. The monoisotopic (exact) mass is 254 g/mol. The molecule has 0 unspecified atom stereocenters. The molecule has 98 valence electrons. The molecule has 19 heavy (non-hydrogen) atoms. The smallest absolute Gasteiger partial charge is 0.255 e. The van der Waals surface area contributed by atoms with Gasteiger partial charge in [-0.25, -0.2) is 0 Å². The summed E-state index contributed by atoms with van der Waals surface area (Å²) in [6.45, 7) is 2.48. The van der Waals surface area contributed by atoms with Crippen LogP contribution in [0.1, 0.15) is 21.5 Å². The van der Waals surface area contributed by atoms with Gasteiger partial charge in [-0.1, -0.05) is 42.5 Å². The van der Waals surface area contributed by atoms with Crippen molar-refractivity contribution in [1.82, 2.24) is 4.90 Å². The molecule has 0 bridgehead atoms. The van der Waals surface area contributed by atoms with Crippen molar-refractivity contribution in [1.29, 1.82) is 0 Å². The van der Waals surface area contributed by atoms with E-state index >= 15 is 0 Å². The van der Waals surface area contributed by atoms with Crippen molar-refractivity contribution in [3.8, 4) is 0 Å². The first-order chi connectivity index (χ1) is 9.09. The average molecular weight is 254 g/mol. The number of rotatable bonds is 3. The minimum Gasteiger partial charge on any atom is -0.398 e. The van der Waals surface area contributed by atoms with Gasteiger partial charge in [-0.3, -0.25) is 4.79 Å². The lowest BCUT2D eigenvalue weighted by molar-refractivity contribution is 0.0786. The second-order valence-corrected chi connectivity index (χ2v) is 4.68. The molecule has 0 heterocycles. The Morgan fingerprint density at radius 3 is 2.47 bits per heavy atom. The number of aryl methyl sites for hydroxylation is 1. The largest absolute Gasteiger partial charge is 0.398 e. The number of nitrogen functional groups attached to an aromatic ring is 1. The second-order valence-electron chi connectivity index (χ2n) is 4.68. The average Bonchev–Trinajstić information content (AvgIpc) is 2.42. The molecule has 0 aliphatic rings. The summed E-state index contributed by atoms with van der Waals surface area (Å²) in [7, 11) is 1.79. The zero-order chi connectivity index (χ0) is 13.8. The maximum absolute atomic E-state index is 12.4. The van der Waals surface area contributed by atoms with Crippen molar-refractivity contribution in [2.45, 2.75) is 13.5 Å². The molecule has 0 saturated heterocycles. The third kappa shape index (κ3) is 2.94. The third-order valence-electron chi connectivity index (χ3n) is 3.16. The Balaban J connectivity index is 2.18. The standard InChI is InChI=1S/C16H18N2O/c1-12-7-6-10-14(15(12)17)16(19)18(2)11-13-8-4-3-5-9-13/h3-10H,11,17H2,1-2H3. The van der Waals surface area contributed by atoms with Crippen LogP contribution < -0.4 is 5.73 Å². The zero-order valence-electron chi connectivity index (χ0n) is 11.3. The molecule has 0 aliphatic heterocycles. The van der Waals surface area contributed by atoms with Crippen molar-refractivity contribution in [2.24, 2.45) is 0 Å². The molecule has 3 nitrogen and oxygen atoms in total. The van der Waals surface area contributed by atoms with E-state index < -0.39 is 0 Å². The summed E-state index contributed by atoms with van der Waals surface area (Å²) in [5, 5.41) is 0. The summed E-state index contributed by atoms with van der Waals surface area (Å²) in [6, 6.07) is 15.4. The van der Waals surface area contributed by atoms with E-state index in [0.717, 1.165) is 11.1 Å². The van der Waals surface area contributed by atoms with Crippen molar-refractivity contribution < 1.29 is 4.79 Å². The maximum Gasteiger partial charge on any atom is 0.255 e. The van der Waals surface area contributed by atoms with Crippen LogP contribution in [-0.4, -0.2) is 17.9 Å². The summed E-state index contributed by atoms with van der Waals surface area (Å²) < 4.78 is 0. The summed E-state index contributed by atoms with van der Waals surface area (Å²) in [5.74, 6) is -0.0509. The predicted octanol–water partition coefficient (Wildman–Crippen LogP) is 2.85. The van der Waals surface area contributed by atoms with Gasteiger partial charge in [-0.15, -0.1) is 0 Å². The van der Waals surface area contributed by atoms with E-state index in [-0.39, 0.29) is 5.91 Å². The quantitative estimate of drug-likeness (QED) is 0.856. The highest BCUT2D eigenvalue weighted by molar-refractivity contribution is 5.99. The highest BCUT2D eigenvalue weighted by Gasteiger charge is 2.15. The van der Waals surface area contributed by atoms with E-state index in [1.165, 1.54) is 0 Å². The first-order valence-electron chi connectivity index (χ1n) is 6.24. The van der Waals surface area contributed by atoms with Crippen LogP contribution in [0.4, 0.5) is 5.69 Å². The summed E-state index contributed by atoms with van der Waals surface area (Å²) in [6.07, 6.45) is 0. The Labute approximate surface area is 113 Å². The Hall–Kier alpha value is -2.29. The van der Waals surface area contributed by atoms with Gasteiger partial charge in [0.05, 0.1) is 5.56 Å². The Morgan fingerprint density at radius 2 is 1.79 bits per heavy atom.